The molecule has 2 fully saturated rings. The molecule has 2 aromatic carbocycles. The van der Waals surface area contributed by atoms with E-state index in [9.17, 15) is 0 Å². The smallest absolute Gasteiger partial charge is 0.319 e. The van der Waals surface area contributed by atoms with Crippen molar-refractivity contribution < 1.29 is 9.13 Å². The summed E-state index contributed by atoms with van der Waals surface area (Å²) in [5, 5.41) is 9.15. The Balaban J connectivity index is 1.40. The van der Waals surface area contributed by atoms with Crippen LogP contribution < -0.4 is 15.4 Å². The quantitative estimate of drug-likeness (QED) is 0.351. The van der Waals surface area contributed by atoms with Gasteiger partial charge in [-0.3, -0.25) is 4.90 Å². The highest BCUT2D eigenvalue weighted by atomic mass is 35.5. The zero-order valence-electron chi connectivity index (χ0n) is 23.8. The van der Waals surface area contributed by atoms with Gasteiger partial charge in [-0.15, -0.1) is 0 Å². The maximum absolute atomic E-state index is 16.5. The van der Waals surface area contributed by atoms with E-state index in [1.54, 1.807) is 0 Å². The highest BCUT2D eigenvalue weighted by molar-refractivity contribution is 6.36. The normalized spacial score (nSPS) is 18.7. The molecular formula is C31H38ClFN6O. The lowest BCUT2D eigenvalue weighted by Crippen LogP contribution is -2.44. The molecule has 2 N–H and O–H groups in total. The Bertz CT molecular complexity index is 1460. The van der Waals surface area contributed by atoms with E-state index < -0.39 is 5.83 Å². The number of benzene rings is 2. The molecule has 212 valence electrons. The Morgan fingerprint density at radius 3 is 2.58 bits per heavy atom. The second kappa shape index (κ2) is 10.5. The highest BCUT2D eigenvalue weighted by Crippen LogP contribution is 2.41. The fourth-order valence-electron chi connectivity index (χ4n) is 6.23. The van der Waals surface area contributed by atoms with Crippen molar-refractivity contribution in [1.29, 1.82) is 0 Å². The molecule has 0 amide bonds. The van der Waals surface area contributed by atoms with Crippen molar-refractivity contribution in [1.82, 2.24) is 25.1 Å². The number of fused-ring (bicyclic) bond motifs is 3. The van der Waals surface area contributed by atoms with E-state index in [2.05, 4.69) is 39.3 Å². The van der Waals surface area contributed by atoms with E-state index in [1.807, 2.05) is 50.5 Å². The molecule has 2 saturated heterocycles. The Hall–Kier alpha value is -2.94. The van der Waals surface area contributed by atoms with Gasteiger partial charge in [0, 0.05) is 40.2 Å². The summed E-state index contributed by atoms with van der Waals surface area (Å²) in [4.78, 5) is 14.2. The van der Waals surface area contributed by atoms with Gasteiger partial charge >= 0.3 is 6.01 Å². The predicted octanol–water partition coefficient (Wildman–Crippen LogP) is 5.94. The first-order valence-electron chi connectivity index (χ1n) is 14.2. The first-order chi connectivity index (χ1) is 19.2. The van der Waals surface area contributed by atoms with E-state index in [0.29, 0.717) is 47.4 Å². The molecule has 0 aliphatic carbocycles. The molecule has 6 rings (SSSR count). The van der Waals surface area contributed by atoms with Crippen LogP contribution in [0.4, 0.5) is 10.2 Å². The molecule has 1 aromatic heterocycles. The number of halogens is 2. The molecule has 0 saturated carbocycles. The maximum Gasteiger partial charge on any atom is 0.319 e. The summed E-state index contributed by atoms with van der Waals surface area (Å²) in [6, 6.07) is 11.7. The standard InChI is InChI=1S/C31H38ClFN6O/c1-30(2,38(3)4)18-35-28-22-17-34-26(21-11-5-9-20-10-6-12-23(32)24(20)21)25(33)27(22)36-29(37-28)40-19-31-13-7-15-39(31)16-8-14-31/h5-6,9-12,34H,7-8,13-19H2,1-4H3,(H,35,36,37). The van der Waals surface area contributed by atoms with E-state index in [-0.39, 0.29) is 22.8 Å². The van der Waals surface area contributed by atoms with Gasteiger partial charge in [0.05, 0.1) is 11.2 Å². The molecule has 9 heteroatoms. The summed E-state index contributed by atoms with van der Waals surface area (Å²) in [5.74, 6) is 0.164. The Kier molecular flexibility index (Phi) is 7.13. The second-order valence-electron chi connectivity index (χ2n) is 12.1. The lowest BCUT2D eigenvalue weighted by molar-refractivity contribution is 0.107. The van der Waals surface area contributed by atoms with Gasteiger partial charge in [0.25, 0.3) is 0 Å². The molecule has 0 radical (unpaired) electrons. The van der Waals surface area contributed by atoms with Crippen LogP contribution in [0.3, 0.4) is 0 Å². The summed E-state index contributed by atoms with van der Waals surface area (Å²) in [6.45, 7) is 8.05. The molecule has 0 spiro atoms. The number of ether oxygens (including phenoxy) is 1. The number of hydrogen-bond acceptors (Lipinski definition) is 7. The van der Waals surface area contributed by atoms with Gasteiger partial charge in [0.2, 0.25) is 0 Å². The topological polar surface area (TPSA) is 65.5 Å². The van der Waals surface area contributed by atoms with Crippen molar-refractivity contribution in [3.63, 3.8) is 0 Å². The molecule has 0 unspecified atom stereocenters. The first kappa shape index (κ1) is 27.2. The summed E-state index contributed by atoms with van der Waals surface area (Å²) < 4.78 is 22.8. The third kappa shape index (κ3) is 4.80. The van der Waals surface area contributed by atoms with Gasteiger partial charge in [-0.2, -0.15) is 9.97 Å². The van der Waals surface area contributed by atoms with Crippen molar-refractivity contribution in [2.45, 2.75) is 57.2 Å². The lowest BCUT2D eigenvalue weighted by atomic mass is 9.95. The lowest BCUT2D eigenvalue weighted by Gasteiger charge is -2.34. The number of hydrogen-bond donors (Lipinski definition) is 2. The summed E-state index contributed by atoms with van der Waals surface area (Å²) in [6.07, 6.45) is 4.59. The fourth-order valence-corrected chi connectivity index (χ4v) is 6.51. The van der Waals surface area contributed by atoms with Crippen molar-refractivity contribution in [2.75, 3.05) is 45.7 Å². The molecular weight excluding hydrogens is 527 g/mol. The van der Waals surface area contributed by atoms with Crippen LogP contribution in [0.1, 0.15) is 56.4 Å². The van der Waals surface area contributed by atoms with Crippen LogP contribution >= 0.6 is 11.6 Å². The van der Waals surface area contributed by atoms with Crippen LogP contribution in [-0.4, -0.2) is 71.2 Å². The molecule has 3 aliphatic rings. The van der Waals surface area contributed by atoms with Crippen LogP contribution in [0.15, 0.2) is 36.4 Å². The molecule has 40 heavy (non-hydrogen) atoms. The monoisotopic (exact) mass is 564 g/mol. The van der Waals surface area contributed by atoms with E-state index in [4.69, 9.17) is 21.3 Å². The van der Waals surface area contributed by atoms with Gasteiger partial charge in [-0.25, -0.2) is 4.39 Å². The van der Waals surface area contributed by atoms with Gasteiger partial charge in [-0.1, -0.05) is 41.9 Å². The van der Waals surface area contributed by atoms with Gasteiger partial charge in [0.15, 0.2) is 5.83 Å². The Labute approximate surface area is 240 Å². The highest BCUT2D eigenvalue weighted by Gasteiger charge is 2.45. The van der Waals surface area contributed by atoms with Crippen LogP contribution in [0.25, 0.3) is 22.3 Å². The molecule has 3 aromatic rings. The van der Waals surface area contributed by atoms with Crippen molar-refractivity contribution >= 4 is 39.7 Å². The maximum atomic E-state index is 16.5. The van der Waals surface area contributed by atoms with Crippen molar-refractivity contribution in [2.24, 2.45) is 0 Å². The molecule has 0 bridgehead atoms. The van der Waals surface area contributed by atoms with Gasteiger partial charge in [0.1, 0.15) is 18.1 Å². The Morgan fingerprint density at radius 2 is 1.85 bits per heavy atom. The average molecular weight is 565 g/mol. The van der Waals surface area contributed by atoms with Crippen molar-refractivity contribution in [3.8, 4) is 6.01 Å². The molecule has 4 heterocycles. The second-order valence-corrected chi connectivity index (χ2v) is 12.5. The fraction of sp³-hybridized carbons (Fsp3) is 0.484. The number of nitrogens with zero attached hydrogens (tertiary/aromatic N) is 4. The largest absolute Gasteiger partial charge is 0.461 e. The van der Waals surface area contributed by atoms with Crippen molar-refractivity contribution in [3.05, 3.63) is 58.2 Å². The zero-order valence-corrected chi connectivity index (χ0v) is 24.5. The first-order valence-corrected chi connectivity index (χ1v) is 14.6. The van der Waals surface area contributed by atoms with E-state index in [1.165, 1.54) is 12.8 Å². The minimum atomic E-state index is -0.433. The summed E-state index contributed by atoms with van der Waals surface area (Å²) in [5.41, 5.74) is 1.94. The third-order valence-electron chi connectivity index (χ3n) is 9.16. The summed E-state index contributed by atoms with van der Waals surface area (Å²) >= 11 is 6.60. The molecule has 0 atom stereocenters. The van der Waals surface area contributed by atoms with Gasteiger partial charge < -0.3 is 20.3 Å². The van der Waals surface area contributed by atoms with Crippen LogP contribution in [0.2, 0.25) is 5.02 Å². The zero-order chi connectivity index (χ0) is 28.1. The summed E-state index contributed by atoms with van der Waals surface area (Å²) in [7, 11) is 4.09. The molecule has 7 nitrogen and oxygen atoms in total. The number of nitrogens with one attached hydrogen (secondary N) is 2. The van der Waals surface area contributed by atoms with E-state index in [0.717, 1.165) is 36.7 Å². The van der Waals surface area contributed by atoms with Crippen LogP contribution in [0, 0.1) is 0 Å². The van der Waals surface area contributed by atoms with Gasteiger partial charge in [-0.05, 0) is 78.2 Å². The number of aromatic nitrogens is 2. The Morgan fingerprint density at radius 1 is 1.12 bits per heavy atom. The van der Waals surface area contributed by atoms with Crippen LogP contribution in [-0.2, 0) is 6.54 Å². The number of rotatable bonds is 8. The molecule has 3 aliphatic heterocycles. The predicted molar refractivity (Wildman–Crippen MR) is 160 cm³/mol. The average Bonchev–Trinajstić information content (AvgIpc) is 3.52. The van der Waals surface area contributed by atoms with Crippen LogP contribution in [0.5, 0.6) is 6.01 Å². The minimum Gasteiger partial charge on any atom is -0.461 e. The van der Waals surface area contributed by atoms with E-state index >= 15 is 4.39 Å². The number of likely N-dealkylation sites (N-methyl/N-ethyl adjacent to an activating group) is 1. The minimum absolute atomic E-state index is 0.0422. The third-order valence-corrected chi connectivity index (χ3v) is 9.47. The SMILES string of the molecule is CN(C)C(C)(C)CNc1nc(OCC23CCCN2CCC3)nc2c1CNC(c1cccc3cccc(Cl)c13)=C2F. The number of anilines is 1.